The number of aliphatic hydroxyl groups is 1. The SMILES string of the molecule is C=C1C[C@@H](O)[C@@H](Br)C(C)(C)[C@]12CCC(=O)[C@H]1O[C@H]12. The van der Waals surface area contributed by atoms with E-state index in [4.69, 9.17) is 4.74 Å². The Labute approximate surface area is 116 Å². The Morgan fingerprint density at radius 2 is 2.17 bits per heavy atom. The summed E-state index contributed by atoms with van der Waals surface area (Å²) >= 11 is 3.64. The van der Waals surface area contributed by atoms with Gasteiger partial charge in [-0.25, -0.2) is 0 Å². The Morgan fingerprint density at radius 3 is 2.83 bits per heavy atom. The van der Waals surface area contributed by atoms with Gasteiger partial charge in [0.15, 0.2) is 5.78 Å². The van der Waals surface area contributed by atoms with Crippen molar-refractivity contribution in [1.82, 2.24) is 0 Å². The first-order valence-corrected chi connectivity index (χ1v) is 7.42. The number of carbonyl (C=O) groups is 1. The van der Waals surface area contributed by atoms with Crippen LogP contribution in [0.1, 0.15) is 33.1 Å². The molecule has 5 atom stereocenters. The number of Topliss-reactive ketones (excluding diaryl/α,β-unsaturated/α-hetero) is 1. The van der Waals surface area contributed by atoms with Gasteiger partial charge in [-0.3, -0.25) is 4.79 Å². The fourth-order valence-electron chi connectivity index (χ4n) is 4.12. The summed E-state index contributed by atoms with van der Waals surface area (Å²) in [6, 6.07) is 0. The topological polar surface area (TPSA) is 49.8 Å². The molecule has 3 aliphatic rings. The van der Waals surface area contributed by atoms with Crippen molar-refractivity contribution in [2.24, 2.45) is 10.8 Å². The monoisotopic (exact) mass is 314 g/mol. The van der Waals surface area contributed by atoms with Crippen molar-refractivity contribution in [3.63, 3.8) is 0 Å². The predicted molar refractivity (Wildman–Crippen MR) is 71.6 cm³/mol. The molecule has 1 aliphatic heterocycles. The van der Waals surface area contributed by atoms with Crippen molar-refractivity contribution in [3.05, 3.63) is 12.2 Å². The normalized spacial score (nSPS) is 50.2. The summed E-state index contributed by atoms with van der Waals surface area (Å²) in [5, 5.41) is 10.1. The lowest BCUT2D eigenvalue weighted by molar-refractivity contribution is -0.122. The van der Waals surface area contributed by atoms with Gasteiger partial charge in [-0.2, -0.15) is 0 Å². The molecular formula is C14H19BrO3. The van der Waals surface area contributed by atoms with Crippen molar-refractivity contribution < 1.29 is 14.6 Å². The second-order valence-corrected chi connectivity index (χ2v) is 7.40. The van der Waals surface area contributed by atoms with Crippen LogP contribution >= 0.6 is 15.9 Å². The summed E-state index contributed by atoms with van der Waals surface area (Å²) in [4.78, 5) is 11.7. The molecule has 4 heteroatoms. The van der Waals surface area contributed by atoms with Crippen molar-refractivity contribution in [2.75, 3.05) is 0 Å². The molecular weight excluding hydrogens is 296 g/mol. The van der Waals surface area contributed by atoms with E-state index in [9.17, 15) is 9.90 Å². The van der Waals surface area contributed by atoms with Crippen molar-refractivity contribution in [1.29, 1.82) is 0 Å². The first-order valence-electron chi connectivity index (χ1n) is 6.51. The highest BCUT2D eigenvalue weighted by molar-refractivity contribution is 9.09. The van der Waals surface area contributed by atoms with E-state index in [1.807, 2.05) is 0 Å². The van der Waals surface area contributed by atoms with Crippen LogP contribution in [-0.4, -0.2) is 34.0 Å². The minimum absolute atomic E-state index is 0.00792. The Balaban J connectivity index is 2.04. The lowest BCUT2D eigenvalue weighted by Gasteiger charge is -2.56. The van der Waals surface area contributed by atoms with E-state index in [2.05, 4.69) is 36.4 Å². The Morgan fingerprint density at radius 1 is 1.50 bits per heavy atom. The van der Waals surface area contributed by atoms with Crippen LogP contribution in [0.2, 0.25) is 0 Å². The molecule has 2 aliphatic carbocycles. The highest BCUT2D eigenvalue weighted by Crippen LogP contribution is 2.65. The van der Waals surface area contributed by atoms with Gasteiger partial charge in [-0.05, 0) is 18.3 Å². The van der Waals surface area contributed by atoms with Crippen LogP contribution in [0, 0.1) is 10.8 Å². The number of alkyl halides is 1. The van der Waals surface area contributed by atoms with Crippen LogP contribution in [0.4, 0.5) is 0 Å². The number of fused-ring (bicyclic) bond motifs is 2. The molecule has 3 rings (SSSR count). The van der Waals surface area contributed by atoms with E-state index < -0.39 is 6.10 Å². The van der Waals surface area contributed by atoms with E-state index in [-0.39, 0.29) is 33.6 Å². The molecule has 1 saturated heterocycles. The number of halogens is 1. The van der Waals surface area contributed by atoms with Crippen molar-refractivity contribution in [2.45, 2.75) is 56.2 Å². The molecule has 0 bridgehead atoms. The van der Waals surface area contributed by atoms with E-state index in [1.165, 1.54) is 0 Å². The van der Waals surface area contributed by atoms with Gasteiger partial charge < -0.3 is 9.84 Å². The highest BCUT2D eigenvalue weighted by atomic mass is 79.9. The zero-order valence-electron chi connectivity index (χ0n) is 10.8. The molecule has 1 heterocycles. The summed E-state index contributed by atoms with van der Waals surface area (Å²) in [7, 11) is 0. The van der Waals surface area contributed by atoms with Crippen LogP contribution in [0.25, 0.3) is 0 Å². The second-order valence-electron chi connectivity index (χ2n) is 6.41. The third-order valence-corrected chi connectivity index (χ3v) is 7.08. The zero-order valence-corrected chi connectivity index (χ0v) is 12.4. The molecule has 1 N–H and O–H groups in total. The molecule has 1 spiro atoms. The Kier molecular flexibility index (Phi) is 2.62. The first-order chi connectivity index (χ1) is 8.32. The molecule has 0 aromatic carbocycles. The molecule has 2 saturated carbocycles. The highest BCUT2D eigenvalue weighted by Gasteiger charge is 2.69. The molecule has 18 heavy (non-hydrogen) atoms. The summed E-state index contributed by atoms with van der Waals surface area (Å²) in [5.41, 5.74) is 0.719. The molecule has 100 valence electrons. The number of hydrogen-bond acceptors (Lipinski definition) is 3. The zero-order chi connectivity index (χ0) is 13.3. The molecule has 0 aromatic rings. The maximum absolute atomic E-state index is 11.7. The number of rotatable bonds is 0. The first kappa shape index (κ1) is 12.8. The summed E-state index contributed by atoms with van der Waals surface area (Å²) < 4.78 is 5.66. The minimum Gasteiger partial charge on any atom is -0.392 e. The van der Waals surface area contributed by atoms with E-state index in [1.54, 1.807) is 0 Å². The van der Waals surface area contributed by atoms with E-state index >= 15 is 0 Å². The molecule has 3 nitrogen and oxygen atoms in total. The summed E-state index contributed by atoms with van der Waals surface area (Å²) in [5.74, 6) is 0.228. The van der Waals surface area contributed by atoms with Gasteiger partial charge in [-0.15, -0.1) is 0 Å². The lowest BCUT2D eigenvalue weighted by atomic mass is 9.50. The van der Waals surface area contributed by atoms with Crippen LogP contribution in [0.5, 0.6) is 0 Å². The summed E-state index contributed by atoms with van der Waals surface area (Å²) in [6.45, 7) is 8.50. The maximum atomic E-state index is 11.7. The Bertz CT molecular complexity index is 431. The number of carbonyl (C=O) groups excluding carboxylic acids is 1. The van der Waals surface area contributed by atoms with E-state index in [0.29, 0.717) is 12.8 Å². The standard InChI is InChI=1S/C14H19BrO3/c1-7-6-9(17)11(15)13(2,3)14(7)5-4-8(16)10-12(14)18-10/h9-12,17H,1,4-6H2,2-3H3/t9-,10-,11-,12-,14-/m1/s1. The van der Waals surface area contributed by atoms with Gasteiger partial charge >= 0.3 is 0 Å². The van der Waals surface area contributed by atoms with Gasteiger partial charge in [0.05, 0.1) is 6.10 Å². The Hall–Kier alpha value is -0.190. The third kappa shape index (κ3) is 1.34. The van der Waals surface area contributed by atoms with Crippen LogP contribution in [0.3, 0.4) is 0 Å². The average molecular weight is 315 g/mol. The van der Waals surface area contributed by atoms with Gasteiger partial charge in [0.1, 0.15) is 12.2 Å². The fraction of sp³-hybridized carbons (Fsp3) is 0.786. The van der Waals surface area contributed by atoms with Crippen LogP contribution in [-0.2, 0) is 9.53 Å². The number of aliphatic hydroxyl groups excluding tert-OH is 1. The number of ether oxygens (including phenoxy) is 1. The van der Waals surface area contributed by atoms with Crippen molar-refractivity contribution >= 4 is 21.7 Å². The smallest absolute Gasteiger partial charge is 0.164 e. The molecule has 0 radical (unpaired) electrons. The number of hydrogen-bond donors (Lipinski definition) is 1. The van der Waals surface area contributed by atoms with Gasteiger partial charge in [-0.1, -0.05) is 41.9 Å². The van der Waals surface area contributed by atoms with Crippen molar-refractivity contribution in [3.8, 4) is 0 Å². The third-order valence-electron chi connectivity index (χ3n) is 5.32. The van der Waals surface area contributed by atoms with Gasteiger partial charge in [0.2, 0.25) is 0 Å². The summed E-state index contributed by atoms with van der Waals surface area (Å²) in [6.07, 6.45) is 1.32. The second kappa shape index (κ2) is 3.68. The average Bonchev–Trinajstić information content (AvgIpc) is 3.07. The van der Waals surface area contributed by atoms with Crippen LogP contribution < -0.4 is 0 Å². The molecule has 0 amide bonds. The largest absolute Gasteiger partial charge is 0.392 e. The molecule has 0 aromatic heterocycles. The number of ketones is 1. The van der Waals surface area contributed by atoms with Gasteiger partial charge in [0.25, 0.3) is 0 Å². The maximum Gasteiger partial charge on any atom is 0.164 e. The fourth-order valence-corrected chi connectivity index (χ4v) is 4.72. The molecule has 0 unspecified atom stereocenters. The predicted octanol–water partition coefficient (Wildman–Crippen LogP) is 2.21. The van der Waals surface area contributed by atoms with Gasteiger partial charge in [0, 0.05) is 16.7 Å². The quantitative estimate of drug-likeness (QED) is 0.424. The van der Waals surface area contributed by atoms with E-state index in [0.717, 1.165) is 12.0 Å². The van der Waals surface area contributed by atoms with Crippen LogP contribution in [0.15, 0.2) is 12.2 Å². The lowest BCUT2D eigenvalue weighted by Crippen LogP contribution is -2.58. The number of epoxide rings is 1. The molecule has 3 fully saturated rings. The minimum atomic E-state index is -0.409.